The monoisotopic (exact) mass is 337 g/mol. The number of hydrogen-bond donors (Lipinski definition) is 1. The molecule has 124 valence electrons. The first-order valence-electron chi connectivity index (χ1n) is 7.90. The van der Waals surface area contributed by atoms with Crippen molar-refractivity contribution < 1.29 is 14.3 Å². The molecule has 1 atom stereocenters. The third-order valence-corrected chi connectivity index (χ3v) is 4.43. The lowest BCUT2D eigenvalue weighted by atomic mass is 10.1. The van der Waals surface area contributed by atoms with Gasteiger partial charge in [0.1, 0.15) is 5.02 Å². The van der Waals surface area contributed by atoms with Crippen molar-refractivity contribution in [3.63, 3.8) is 0 Å². The standard InChI is InChI=1S/C16H20ClN3O3/c1-10-6-14(21)18-4-5-20(10)16(22)12-7-13(17)15(19-8-12)23-9-11-2-3-11/h7-8,10-11H,2-6,9H2,1H3,(H,18,21). The van der Waals surface area contributed by atoms with Crippen LogP contribution in [0.4, 0.5) is 0 Å². The lowest BCUT2D eigenvalue weighted by Crippen LogP contribution is -2.39. The Morgan fingerprint density at radius 2 is 2.30 bits per heavy atom. The number of carbonyl (C=O) groups is 2. The first kappa shape index (κ1) is 16.1. The molecule has 23 heavy (non-hydrogen) atoms. The number of hydrogen-bond acceptors (Lipinski definition) is 4. The summed E-state index contributed by atoms with van der Waals surface area (Å²) < 4.78 is 5.57. The fraction of sp³-hybridized carbons (Fsp3) is 0.562. The maximum Gasteiger partial charge on any atom is 0.255 e. The van der Waals surface area contributed by atoms with Crippen LogP contribution in [0.25, 0.3) is 0 Å². The summed E-state index contributed by atoms with van der Waals surface area (Å²) in [7, 11) is 0. The molecule has 0 radical (unpaired) electrons. The first-order valence-corrected chi connectivity index (χ1v) is 8.28. The Labute approximate surface area is 140 Å². The Bertz CT molecular complexity index is 619. The maximum absolute atomic E-state index is 12.7. The van der Waals surface area contributed by atoms with E-state index >= 15 is 0 Å². The molecule has 0 spiro atoms. The minimum atomic E-state index is -0.169. The van der Waals surface area contributed by atoms with Crippen molar-refractivity contribution >= 4 is 23.4 Å². The van der Waals surface area contributed by atoms with Crippen LogP contribution < -0.4 is 10.1 Å². The molecule has 2 amide bonds. The molecule has 1 saturated heterocycles. The minimum absolute atomic E-state index is 0.0345. The van der Waals surface area contributed by atoms with Gasteiger partial charge in [0, 0.05) is 31.7 Å². The van der Waals surface area contributed by atoms with Crippen molar-refractivity contribution in [3.05, 3.63) is 22.8 Å². The van der Waals surface area contributed by atoms with Gasteiger partial charge in [-0.05, 0) is 31.7 Å². The van der Waals surface area contributed by atoms with Gasteiger partial charge >= 0.3 is 0 Å². The topological polar surface area (TPSA) is 71.5 Å². The Morgan fingerprint density at radius 3 is 3.00 bits per heavy atom. The minimum Gasteiger partial charge on any atom is -0.476 e. The summed E-state index contributed by atoms with van der Waals surface area (Å²) in [4.78, 5) is 30.0. The van der Waals surface area contributed by atoms with Crippen LogP contribution in [0.3, 0.4) is 0 Å². The van der Waals surface area contributed by atoms with Crippen molar-refractivity contribution in [3.8, 4) is 5.88 Å². The second-order valence-electron chi connectivity index (χ2n) is 6.17. The van der Waals surface area contributed by atoms with E-state index in [0.717, 1.165) is 0 Å². The van der Waals surface area contributed by atoms with Gasteiger partial charge in [-0.1, -0.05) is 11.6 Å². The maximum atomic E-state index is 12.7. The zero-order valence-corrected chi connectivity index (χ0v) is 13.8. The SMILES string of the molecule is CC1CC(=O)NCCN1C(=O)c1cnc(OCC2CC2)c(Cl)c1. The van der Waals surface area contributed by atoms with Gasteiger partial charge in [0.25, 0.3) is 5.91 Å². The molecule has 2 heterocycles. The number of nitrogens with zero attached hydrogens (tertiary/aromatic N) is 2. The van der Waals surface area contributed by atoms with Crippen LogP contribution in [-0.4, -0.2) is 47.4 Å². The number of carbonyl (C=O) groups excluding carboxylic acids is 2. The highest BCUT2D eigenvalue weighted by Gasteiger charge is 2.27. The number of ether oxygens (including phenoxy) is 1. The van der Waals surface area contributed by atoms with Gasteiger partial charge in [0.15, 0.2) is 0 Å². The summed E-state index contributed by atoms with van der Waals surface area (Å²) >= 11 is 6.18. The summed E-state index contributed by atoms with van der Waals surface area (Å²) in [5, 5.41) is 3.11. The van der Waals surface area contributed by atoms with Gasteiger partial charge in [0.2, 0.25) is 11.8 Å². The van der Waals surface area contributed by atoms with E-state index in [1.807, 2.05) is 6.92 Å². The molecule has 1 aromatic heterocycles. The van der Waals surface area contributed by atoms with E-state index in [1.54, 1.807) is 11.0 Å². The highest BCUT2D eigenvalue weighted by Crippen LogP contribution is 2.31. The highest BCUT2D eigenvalue weighted by atomic mass is 35.5. The van der Waals surface area contributed by atoms with Gasteiger partial charge in [-0.3, -0.25) is 9.59 Å². The average Bonchev–Trinajstić information content (AvgIpc) is 3.34. The van der Waals surface area contributed by atoms with Crippen LogP contribution in [0, 0.1) is 5.92 Å². The van der Waals surface area contributed by atoms with Gasteiger partial charge < -0.3 is 15.0 Å². The molecule has 1 aliphatic heterocycles. The van der Waals surface area contributed by atoms with Crippen LogP contribution in [0.1, 0.15) is 36.5 Å². The highest BCUT2D eigenvalue weighted by molar-refractivity contribution is 6.32. The summed E-state index contributed by atoms with van der Waals surface area (Å²) in [6.45, 7) is 3.42. The predicted molar refractivity (Wildman–Crippen MR) is 85.6 cm³/mol. The molecule has 1 aromatic rings. The van der Waals surface area contributed by atoms with Crippen LogP contribution >= 0.6 is 11.6 Å². The Kier molecular flexibility index (Phi) is 4.71. The molecular weight excluding hydrogens is 318 g/mol. The predicted octanol–water partition coefficient (Wildman–Crippen LogP) is 1.87. The van der Waals surface area contributed by atoms with Gasteiger partial charge in [-0.2, -0.15) is 0 Å². The van der Waals surface area contributed by atoms with E-state index in [9.17, 15) is 9.59 Å². The molecule has 2 aliphatic rings. The van der Waals surface area contributed by atoms with Crippen LogP contribution in [0.5, 0.6) is 5.88 Å². The van der Waals surface area contributed by atoms with E-state index in [4.69, 9.17) is 16.3 Å². The van der Waals surface area contributed by atoms with Crippen LogP contribution in [-0.2, 0) is 4.79 Å². The van der Waals surface area contributed by atoms with E-state index < -0.39 is 0 Å². The number of halogens is 1. The van der Waals surface area contributed by atoms with E-state index in [0.29, 0.717) is 48.5 Å². The fourth-order valence-corrected chi connectivity index (χ4v) is 2.81. The molecule has 6 nitrogen and oxygen atoms in total. The number of aromatic nitrogens is 1. The number of pyridine rings is 1. The molecule has 7 heteroatoms. The zero-order valence-electron chi connectivity index (χ0n) is 13.0. The van der Waals surface area contributed by atoms with Gasteiger partial charge in [-0.25, -0.2) is 4.98 Å². The first-order chi connectivity index (χ1) is 11.0. The van der Waals surface area contributed by atoms with Crippen molar-refractivity contribution in [1.82, 2.24) is 15.2 Å². The number of amides is 2. The Balaban J connectivity index is 1.70. The summed E-state index contributed by atoms with van der Waals surface area (Å²) in [6.07, 6.45) is 4.17. The molecule has 0 bridgehead atoms. The van der Waals surface area contributed by atoms with Crippen LogP contribution in [0.15, 0.2) is 12.3 Å². The average molecular weight is 338 g/mol. The summed E-state index contributed by atoms with van der Waals surface area (Å²) in [5.41, 5.74) is 0.412. The lowest BCUT2D eigenvalue weighted by molar-refractivity contribution is -0.121. The second-order valence-corrected chi connectivity index (χ2v) is 6.57. The van der Waals surface area contributed by atoms with Gasteiger partial charge in [-0.15, -0.1) is 0 Å². The van der Waals surface area contributed by atoms with Crippen molar-refractivity contribution in [2.45, 2.75) is 32.2 Å². The fourth-order valence-electron chi connectivity index (χ4n) is 2.58. The van der Waals surface area contributed by atoms with E-state index in [-0.39, 0.29) is 17.9 Å². The number of rotatable bonds is 4. The summed E-state index contributed by atoms with van der Waals surface area (Å²) in [5.74, 6) is 0.776. The Morgan fingerprint density at radius 1 is 1.52 bits per heavy atom. The molecule has 3 rings (SSSR count). The molecular formula is C16H20ClN3O3. The molecule has 1 unspecified atom stereocenters. The van der Waals surface area contributed by atoms with E-state index in [2.05, 4.69) is 10.3 Å². The smallest absolute Gasteiger partial charge is 0.255 e. The lowest BCUT2D eigenvalue weighted by Gasteiger charge is -2.26. The molecule has 1 saturated carbocycles. The van der Waals surface area contributed by atoms with Crippen molar-refractivity contribution in [2.75, 3.05) is 19.7 Å². The third kappa shape index (κ3) is 3.93. The molecule has 0 aromatic carbocycles. The normalized spacial score (nSPS) is 21.6. The van der Waals surface area contributed by atoms with Crippen molar-refractivity contribution in [1.29, 1.82) is 0 Å². The van der Waals surface area contributed by atoms with Gasteiger partial charge in [0.05, 0.1) is 12.2 Å². The third-order valence-electron chi connectivity index (χ3n) is 4.16. The molecule has 1 aliphatic carbocycles. The molecule has 1 N–H and O–H groups in total. The summed E-state index contributed by atoms with van der Waals surface area (Å²) in [6, 6.07) is 1.43. The van der Waals surface area contributed by atoms with E-state index in [1.165, 1.54) is 19.0 Å². The largest absolute Gasteiger partial charge is 0.476 e. The van der Waals surface area contributed by atoms with Crippen molar-refractivity contribution in [2.24, 2.45) is 5.92 Å². The molecule has 2 fully saturated rings. The quantitative estimate of drug-likeness (QED) is 0.910. The van der Waals surface area contributed by atoms with Crippen LogP contribution in [0.2, 0.25) is 5.02 Å². The number of nitrogens with one attached hydrogen (secondary N) is 1. The second kappa shape index (κ2) is 6.74. The Hall–Kier alpha value is -1.82. The zero-order chi connectivity index (χ0) is 16.4.